The fourth-order valence-electron chi connectivity index (χ4n) is 2.54. The lowest BCUT2D eigenvalue weighted by atomic mass is 10.2. The van der Waals surface area contributed by atoms with Gasteiger partial charge in [0.05, 0.1) is 17.3 Å². The van der Waals surface area contributed by atoms with Gasteiger partial charge in [-0.2, -0.15) is 5.10 Å². The topological polar surface area (TPSA) is 110 Å². The molecule has 0 bridgehead atoms. The zero-order chi connectivity index (χ0) is 18.4. The predicted octanol–water partition coefficient (Wildman–Crippen LogP) is 1.16. The van der Waals surface area contributed by atoms with Crippen molar-refractivity contribution in [2.24, 2.45) is 7.05 Å². The van der Waals surface area contributed by atoms with E-state index in [1.165, 1.54) is 22.2 Å². The molecular weight excluding hydrogens is 362 g/mol. The molecule has 0 amide bonds. The number of fused-ring (bicyclic) bond motifs is 1. The summed E-state index contributed by atoms with van der Waals surface area (Å²) in [5.74, 6) is 0.462. The van der Waals surface area contributed by atoms with Gasteiger partial charge >= 0.3 is 0 Å². The summed E-state index contributed by atoms with van der Waals surface area (Å²) in [6.07, 6.45) is 1.61. The first kappa shape index (κ1) is 17.8. The van der Waals surface area contributed by atoms with Crippen molar-refractivity contribution in [3.63, 3.8) is 0 Å². The molecule has 25 heavy (non-hydrogen) atoms. The van der Waals surface area contributed by atoms with E-state index in [0.717, 1.165) is 10.4 Å². The Morgan fingerprint density at radius 1 is 1.32 bits per heavy atom. The number of thiophene rings is 1. The Kier molecular flexibility index (Phi) is 4.52. The Morgan fingerprint density at radius 2 is 2.04 bits per heavy atom. The zero-order valence-electron chi connectivity index (χ0n) is 14.4. The predicted molar refractivity (Wildman–Crippen MR) is 96.6 cm³/mol. The number of nitrogens with zero attached hydrogens (tertiary/aromatic N) is 3. The van der Waals surface area contributed by atoms with E-state index in [2.05, 4.69) is 19.8 Å². The average Bonchev–Trinajstić information content (AvgIpc) is 3.00. The van der Waals surface area contributed by atoms with Gasteiger partial charge < -0.3 is 4.98 Å². The lowest BCUT2D eigenvalue weighted by Crippen LogP contribution is -2.27. The van der Waals surface area contributed by atoms with Crippen LogP contribution in [0.2, 0.25) is 0 Å². The van der Waals surface area contributed by atoms with Crippen molar-refractivity contribution >= 4 is 31.6 Å². The van der Waals surface area contributed by atoms with Gasteiger partial charge in [0.1, 0.15) is 15.6 Å². The van der Waals surface area contributed by atoms with Crippen LogP contribution in [0, 0.1) is 20.8 Å². The second-order valence-corrected chi connectivity index (χ2v) is 8.78. The third kappa shape index (κ3) is 3.24. The molecule has 0 radical (unpaired) electrons. The molecule has 2 N–H and O–H groups in total. The molecular formula is C15H19N5O3S2. The van der Waals surface area contributed by atoms with Crippen LogP contribution in [0.15, 0.2) is 15.9 Å². The Morgan fingerprint density at radius 3 is 2.68 bits per heavy atom. The Hall–Kier alpha value is -2.04. The second kappa shape index (κ2) is 6.36. The Bertz CT molecular complexity index is 1110. The van der Waals surface area contributed by atoms with Crippen molar-refractivity contribution in [2.45, 2.75) is 32.1 Å². The van der Waals surface area contributed by atoms with Crippen molar-refractivity contribution < 1.29 is 8.42 Å². The van der Waals surface area contributed by atoms with Crippen molar-refractivity contribution in [3.8, 4) is 0 Å². The van der Waals surface area contributed by atoms with Gasteiger partial charge in [0.25, 0.3) is 5.56 Å². The number of aryl methyl sites for hydroxylation is 3. The molecule has 3 rings (SSSR count). The first-order chi connectivity index (χ1) is 11.7. The smallest absolute Gasteiger partial charge is 0.259 e. The van der Waals surface area contributed by atoms with E-state index in [1.807, 2.05) is 13.8 Å². The molecule has 0 spiro atoms. The van der Waals surface area contributed by atoms with Gasteiger partial charge in [0.15, 0.2) is 0 Å². The summed E-state index contributed by atoms with van der Waals surface area (Å²) in [5.41, 5.74) is 1.31. The third-order valence-electron chi connectivity index (χ3n) is 4.22. The molecule has 0 saturated heterocycles. The summed E-state index contributed by atoms with van der Waals surface area (Å²) in [7, 11) is -1.96. The Balaban J connectivity index is 1.77. The average molecular weight is 381 g/mol. The summed E-state index contributed by atoms with van der Waals surface area (Å²) in [5, 5.41) is 4.55. The minimum atomic E-state index is -3.65. The van der Waals surface area contributed by atoms with Crippen LogP contribution in [0.1, 0.15) is 22.0 Å². The summed E-state index contributed by atoms with van der Waals surface area (Å²) in [6.45, 7) is 5.67. The van der Waals surface area contributed by atoms with Gasteiger partial charge in [-0.25, -0.2) is 18.1 Å². The SMILES string of the molecule is Cc1sc2nc(CCNS(=O)(=O)c3cnn(C)c3C)[nH]c(=O)c2c1C. The first-order valence-electron chi connectivity index (χ1n) is 7.68. The fourth-order valence-corrected chi connectivity index (χ4v) is 4.82. The van der Waals surface area contributed by atoms with E-state index >= 15 is 0 Å². The highest BCUT2D eigenvalue weighted by Gasteiger charge is 2.19. The number of hydrogen-bond acceptors (Lipinski definition) is 6. The van der Waals surface area contributed by atoms with Crippen LogP contribution in [0.4, 0.5) is 0 Å². The molecule has 0 atom stereocenters. The highest BCUT2D eigenvalue weighted by molar-refractivity contribution is 7.89. The second-order valence-electron chi connectivity index (χ2n) is 5.84. The fraction of sp³-hybridized carbons (Fsp3) is 0.400. The number of sulfonamides is 1. The molecule has 0 saturated carbocycles. The summed E-state index contributed by atoms with van der Waals surface area (Å²) in [4.78, 5) is 21.3. The van der Waals surface area contributed by atoms with Crippen molar-refractivity contribution in [2.75, 3.05) is 6.54 Å². The van der Waals surface area contributed by atoms with Crippen LogP contribution >= 0.6 is 11.3 Å². The third-order valence-corrected chi connectivity index (χ3v) is 6.89. The van der Waals surface area contributed by atoms with Crippen LogP contribution in [0.25, 0.3) is 10.2 Å². The number of aromatic nitrogens is 4. The van der Waals surface area contributed by atoms with E-state index in [1.54, 1.807) is 14.0 Å². The lowest BCUT2D eigenvalue weighted by Gasteiger charge is -2.06. The molecule has 0 aliphatic carbocycles. The van der Waals surface area contributed by atoms with E-state index in [9.17, 15) is 13.2 Å². The van der Waals surface area contributed by atoms with E-state index in [4.69, 9.17) is 0 Å². The normalized spacial score (nSPS) is 12.2. The first-order valence-corrected chi connectivity index (χ1v) is 9.98. The maximum Gasteiger partial charge on any atom is 0.259 e. The van der Waals surface area contributed by atoms with Gasteiger partial charge in [-0.1, -0.05) is 0 Å². The molecule has 3 aromatic rings. The van der Waals surface area contributed by atoms with Crippen LogP contribution in [0.5, 0.6) is 0 Å². The minimum absolute atomic E-state index is 0.133. The highest BCUT2D eigenvalue weighted by Crippen LogP contribution is 2.25. The summed E-state index contributed by atoms with van der Waals surface area (Å²) >= 11 is 1.47. The molecule has 3 heterocycles. The van der Waals surface area contributed by atoms with Crippen molar-refractivity contribution in [3.05, 3.63) is 38.5 Å². The lowest BCUT2D eigenvalue weighted by molar-refractivity contribution is 0.579. The molecule has 0 fully saturated rings. The maximum atomic E-state index is 12.3. The summed E-state index contributed by atoms with van der Waals surface area (Å²) < 4.78 is 28.7. The van der Waals surface area contributed by atoms with Gasteiger partial charge in [-0.3, -0.25) is 9.48 Å². The molecule has 0 unspecified atom stereocenters. The van der Waals surface area contributed by atoms with Crippen LogP contribution < -0.4 is 10.3 Å². The van der Waals surface area contributed by atoms with E-state index < -0.39 is 10.0 Å². The summed E-state index contributed by atoms with van der Waals surface area (Å²) in [6, 6.07) is 0. The molecule has 0 aliphatic heterocycles. The number of rotatable bonds is 5. The van der Waals surface area contributed by atoms with Gasteiger partial charge in [-0.05, 0) is 26.3 Å². The van der Waals surface area contributed by atoms with Crippen LogP contribution in [-0.4, -0.2) is 34.7 Å². The molecule has 0 aromatic carbocycles. The molecule has 8 nitrogen and oxygen atoms in total. The maximum absolute atomic E-state index is 12.3. The number of aromatic amines is 1. The zero-order valence-corrected chi connectivity index (χ0v) is 16.0. The molecule has 0 aliphatic rings. The van der Waals surface area contributed by atoms with Gasteiger partial charge in [0, 0.05) is 24.9 Å². The van der Waals surface area contributed by atoms with Gasteiger partial charge in [0.2, 0.25) is 10.0 Å². The standard InChI is InChI=1S/C15H19N5O3S2/c1-8-10(3)24-15-13(8)14(21)18-12(19-15)5-6-17-25(22,23)11-7-16-20(4)9(11)2/h7,17H,5-6H2,1-4H3,(H,18,19,21). The van der Waals surface area contributed by atoms with E-state index in [-0.39, 0.29) is 17.0 Å². The van der Waals surface area contributed by atoms with E-state index in [0.29, 0.717) is 28.2 Å². The van der Waals surface area contributed by atoms with Gasteiger partial charge in [-0.15, -0.1) is 11.3 Å². The quantitative estimate of drug-likeness (QED) is 0.689. The van der Waals surface area contributed by atoms with Crippen molar-refractivity contribution in [1.29, 1.82) is 0 Å². The van der Waals surface area contributed by atoms with Crippen LogP contribution in [-0.2, 0) is 23.5 Å². The number of nitrogens with one attached hydrogen (secondary N) is 2. The number of hydrogen-bond donors (Lipinski definition) is 2. The largest absolute Gasteiger partial charge is 0.310 e. The number of H-pyrrole nitrogens is 1. The molecule has 10 heteroatoms. The van der Waals surface area contributed by atoms with Crippen LogP contribution in [0.3, 0.4) is 0 Å². The monoisotopic (exact) mass is 381 g/mol. The highest BCUT2D eigenvalue weighted by atomic mass is 32.2. The van der Waals surface area contributed by atoms with Crippen molar-refractivity contribution in [1.82, 2.24) is 24.5 Å². The molecule has 134 valence electrons. The molecule has 3 aromatic heterocycles. The Labute approximate surface area is 149 Å². The minimum Gasteiger partial charge on any atom is -0.310 e.